The van der Waals surface area contributed by atoms with E-state index >= 15 is 0 Å². The number of halogens is 1. The molecule has 106 valence electrons. The van der Waals surface area contributed by atoms with E-state index in [-0.39, 0.29) is 0 Å². The molecule has 0 aliphatic heterocycles. The summed E-state index contributed by atoms with van der Waals surface area (Å²) in [5.74, 6) is 0. The first-order valence-corrected chi connectivity index (χ1v) is 6.52. The van der Waals surface area contributed by atoms with Crippen LogP contribution in [0.15, 0.2) is 24.3 Å². The number of nitriles is 1. The molecular formula is C15H17ClN2O2. The lowest BCUT2D eigenvalue weighted by atomic mass is 10.1. The first-order chi connectivity index (χ1) is 9.31. The number of benzene rings is 1. The van der Waals surface area contributed by atoms with E-state index in [1.807, 2.05) is 6.07 Å². The maximum Gasteiger partial charge on any atom is 0.407 e. The largest absolute Gasteiger partial charge is 0.444 e. The molecule has 1 aromatic carbocycles. The van der Waals surface area contributed by atoms with Crippen molar-refractivity contribution in [2.45, 2.75) is 26.4 Å². The lowest BCUT2D eigenvalue weighted by Crippen LogP contribution is -2.32. The molecule has 0 saturated heterocycles. The summed E-state index contributed by atoms with van der Waals surface area (Å²) in [4.78, 5) is 11.4. The highest BCUT2D eigenvalue weighted by atomic mass is 35.5. The fourth-order valence-electron chi connectivity index (χ4n) is 1.38. The van der Waals surface area contributed by atoms with Crippen molar-refractivity contribution in [2.24, 2.45) is 0 Å². The first kappa shape index (κ1) is 16.1. The second-order valence-electron chi connectivity index (χ2n) is 5.14. The van der Waals surface area contributed by atoms with Gasteiger partial charge >= 0.3 is 6.09 Å². The SMILES string of the molecule is CC(C)(C)OC(=O)NCC=Cc1ccc(Cl)c(C#N)c1. The zero-order valence-electron chi connectivity index (χ0n) is 11.7. The van der Waals surface area contributed by atoms with Crippen LogP contribution in [0.1, 0.15) is 31.9 Å². The van der Waals surface area contributed by atoms with E-state index in [0.717, 1.165) is 5.56 Å². The Labute approximate surface area is 124 Å². The van der Waals surface area contributed by atoms with Crippen LogP contribution in [0, 0.1) is 11.3 Å². The smallest absolute Gasteiger partial charge is 0.407 e. The minimum atomic E-state index is -0.508. The molecule has 0 saturated carbocycles. The van der Waals surface area contributed by atoms with Crippen molar-refractivity contribution in [2.75, 3.05) is 6.54 Å². The monoisotopic (exact) mass is 292 g/mol. The second kappa shape index (κ2) is 6.97. The number of nitrogens with zero attached hydrogens (tertiary/aromatic N) is 1. The van der Waals surface area contributed by atoms with Crippen molar-refractivity contribution in [3.63, 3.8) is 0 Å². The Morgan fingerprint density at radius 1 is 1.50 bits per heavy atom. The van der Waals surface area contributed by atoms with Gasteiger partial charge < -0.3 is 10.1 Å². The molecule has 1 rings (SSSR count). The number of rotatable bonds is 3. The van der Waals surface area contributed by atoms with Gasteiger partial charge in [0.15, 0.2) is 0 Å². The standard InChI is InChI=1S/C15H17ClN2O2/c1-15(2,3)20-14(19)18-8-4-5-11-6-7-13(16)12(9-11)10-17/h4-7,9H,8H2,1-3H3,(H,18,19). The minimum Gasteiger partial charge on any atom is -0.444 e. The molecule has 1 N–H and O–H groups in total. The van der Waals surface area contributed by atoms with Gasteiger partial charge in [0.1, 0.15) is 11.7 Å². The van der Waals surface area contributed by atoms with Crippen LogP contribution in [0.3, 0.4) is 0 Å². The van der Waals surface area contributed by atoms with E-state index in [9.17, 15) is 4.79 Å². The average Bonchev–Trinajstić information content (AvgIpc) is 2.34. The molecule has 5 heteroatoms. The molecule has 0 aliphatic rings. The zero-order chi connectivity index (χ0) is 15.2. The quantitative estimate of drug-likeness (QED) is 0.923. The number of amides is 1. The van der Waals surface area contributed by atoms with Gasteiger partial charge in [-0.3, -0.25) is 0 Å². The predicted octanol–water partition coefficient (Wildman–Crippen LogP) is 3.75. The van der Waals surface area contributed by atoms with Crippen LogP contribution in [0.2, 0.25) is 5.02 Å². The summed E-state index contributed by atoms with van der Waals surface area (Å²) in [6.07, 6.45) is 3.11. The van der Waals surface area contributed by atoms with Crippen LogP contribution in [-0.2, 0) is 4.74 Å². The van der Waals surface area contributed by atoms with E-state index < -0.39 is 11.7 Å². The van der Waals surface area contributed by atoms with Gasteiger partial charge in [-0.05, 0) is 38.5 Å². The molecule has 0 fully saturated rings. The summed E-state index contributed by atoms with van der Waals surface area (Å²) in [6.45, 7) is 5.76. The van der Waals surface area contributed by atoms with Gasteiger partial charge in [0.25, 0.3) is 0 Å². The van der Waals surface area contributed by atoms with Crippen LogP contribution >= 0.6 is 11.6 Å². The Bertz CT molecular complexity index is 554. The van der Waals surface area contributed by atoms with E-state index in [2.05, 4.69) is 5.32 Å². The maximum atomic E-state index is 11.4. The maximum absolute atomic E-state index is 11.4. The molecule has 0 heterocycles. The van der Waals surface area contributed by atoms with Crippen molar-refractivity contribution in [1.82, 2.24) is 5.32 Å². The highest BCUT2D eigenvalue weighted by Gasteiger charge is 2.14. The number of nitrogens with one attached hydrogen (secondary N) is 1. The van der Waals surface area contributed by atoms with Crippen LogP contribution < -0.4 is 5.32 Å². The number of alkyl carbamates (subject to hydrolysis) is 1. The summed E-state index contributed by atoms with van der Waals surface area (Å²) in [6, 6.07) is 7.17. The van der Waals surface area contributed by atoms with E-state index in [0.29, 0.717) is 17.1 Å². The lowest BCUT2D eigenvalue weighted by Gasteiger charge is -2.19. The normalized spacial score (nSPS) is 11.2. The van der Waals surface area contributed by atoms with Gasteiger partial charge in [0.2, 0.25) is 0 Å². The van der Waals surface area contributed by atoms with Gasteiger partial charge in [0, 0.05) is 6.54 Å². The minimum absolute atomic E-state index is 0.347. The summed E-state index contributed by atoms with van der Waals surface area (Å²) < 4.78 is 5.10. The number of ether oxygens (including phenoxy) is 1. The molecule has 0 atom stereocenters. The Morgan fingerprint density at radius 3 is 2.80 bits per heavy atom. The number of carbonyl (C=O) groups is 1. The zero-order valence-corrected chi connectivity index (χ0v) is 12.5. The molecular weight excluding hydrogens is 276 g/mol. The van der Waals surface area contributed by atoms with Gasteiger partial charge in [-0.15, -0.1) is 0 Å². The second-order valence-corrected chi connectivity index (χ2v) is 5.54. The van der Waals surface area contributed by atoms with Crippen LogP contribution in [0.5, 0.6) is 0 Å². The highest BCUT2D eigenvalue weighted by Crippen LogP contribution is 2.17. The third kappa shape index (κ3) is 5.77. The molecule has 0 aliphatic carbocycles. The van der Waals surface area contributed by atoms with Crippen molar-refractivity contribution < 1.29 is 9.53 Å². The topological polar surface area (TPSA) is 62.1 Å². The summed E-state index contributed by atoms with van der Waals surface area (Å²) in [7, 11) is 0. The Kier molecular flexibility index (Phi) is 5.60. The van der Waals surface area contributed by atoms with Gasteiger partial charge in [0.05, 0.1) is 10.6 Å². The average molecular weight is 293 g/mol. The molecule has 1 amide bonds. The lowest BCUT2D eigenvalue weighted by molar-refractivity contribution is 0.0534. The van der Waals surface area contributed by atoms with E-state index in [4.69, 9.17) is 21.6 Å². The third-order valence-corrected chi connectivity index (χ3v) is 2.51. The van der Waals surface area contributed by atoms with Gasteiger partial charge in [-0.2, -0.15) is 5.26 Å². The fourth-order valence-corrected chi connectivity index (χ4v) is 1.54. The Hall–Kier alpha value is -1.99. The van der Waals surface area contributed by atoms with Gasteiger partial charge in [-0.1, -0.05) is 29.8 Å². The number of carbonyl (C=O) groups excluding carboxylic acids is 1. The summed E-state index contributed by atoms with van der Waals surface area (Å²) in [5, 5.41) is 11.9. The Morgan fingerprint density at radius 2 is 2.20 bits per heavy atom. The van der Waals surface area contributed by atoms with Crippen molar-refractivity contribution >= 4 is 23.8 Å². The molecule has 4 nitrogen and oxygen atoms in total. The third-order valence-electron chi connectivity index (χ3n) is 2.18. The van der Waals surface area contributed by atoms with Crippen molar-refractivity contribution in [3.05, 3.63) is 40.4 Å². The summed E-state index contributed by atoms with van der Waals surface area (Å²) in [5.41, 5.74) is 0.761. The number of hydrogen-bond acceptors (Lipinski definition) is 3. The number of hydrogen-bond donors (Lipinski definition) is 1. The molecule has 1 aromatic rings. The first-order valence-electron chi connectivity index (χ1n) is 6.15. The summed E-state index contributed by atoms with van der Waals surface area (Å²) >= 11 is 5.84. The highest BCUT2D eigenvalue weighted by molar-refractivity contribution is 6.31. The molecule has 0 radical (unpaired) electrons. The molecule has 0 spiro atoms. The molecule has 0 bridgehead atoms. The molecule has 0 unspecified atom stereocenters. The Balaban J connectivity index is 2.50. The van der Waals surface area contributed by atoms with E-state index in [1.54, 1.807) is 51.1 Å². The van der Waals surface area contributed by atoms with Crippen LogP contribution in [-0.4, -0.2) is 18.2 Å². The van der Waals surface area contributed by atoms with E-state index in [1.165, 1.54) is 0 Å². The fraction of sp³-hybridized carbons (Fsp3) is 0.333. The van der Waals surface area contributed by atoms with Gasteiger partial charge in [-0.25, -0.2) is 4.79 Å². The predicted molar refractivity (Wildman–Crippen MR) is 79.4 cm³/mol. The van der Waals surface area contributed by atoms with Crippen molar-refractivity contribution in [3.8, 4) is 6.07 Å². The molecule has 20 heavy (non-hydrogen) atoms. The van der Waals surface area contributed by atoms with Crippen LogP contribution in [0.4, 0.5) is 4.79 Å². The van der Waals surface area contributed by atoms with Crippen LogP contribution in [0.25, 0.3) is 6.08 Å². The molecule has 0 aromatic heterocycles. The van der Waals surface area contributed by atoms with Crippen molar-refractivity contribution in [1.29, 1.82) is 5.26 Å².